The molecule has 1 saturated carbocycles. The number of hydrogen-bond acceptors (Lipinski definition) is 6. The smallest absolute Gasteiger partial charge is 0.321 e. The molecule has 0 aliphatic heterocycles. The van der Waals surface area contributed by atoms with Crippen molar-refractivity contribution < 1.29 is 13.2 Å². The normalized spacial score (nSPS) is 15.4. The minimum absolute atomic E-state index is 0.0295. The molecule has 0 atom stereocenters. The van der Waals surface area contributed by atoms with E-state index in [-0.39, 0.29) is 18.1 Å². The summed E-state index contributed by atoms with van der Waals surface area (Å²) in [5.41, 5.74) is 0.742. The number of anilines is 1. The van der Waals surface area contributed by atoms with E-state index in [1.165, 1.54) is 30.6 Å². The molecule has 7 nitrogen and oxygen atoms in total. The Balaban J connectivity index is 1.42. The standard InChI is InChI=1S/C18H24N4O3S2/c23-17(19-11-12-27(24,25)13-14-7-3-1-4-8-14)20-18-22-21-16(26-18)15-9-5-2-6-10-15/h1,3-4,7-8,15H,2,5-6,9-13H2,(H2,19,20,22,23). The summed E-state index contributed by atoms with van der Waals surface area (Å²) in [6.45, 7) is 0.0509. The summed E-state index contributed by atoms with van der Waals surface area (Å²) < 4.78 is 24.3. The second kappa shape index (κ2) is 9.27. The van der Waals surface area contributed by atoms with Gasteiger partial charge in [0, 0.05) is 12.5 Å². The Morgan fingerprint density at radius 1 is 1.11 bits per heavy atom. The van der Waals surface area contributed by atoms with Crippen molar-refractivity contribution in [2.75, 3.05) is 17.6 Å². The van der Waals surface area contributed by atoms with Crippen molar-refractivity contribution >= 4 is 32.3 Å². The predicted octanol–water partition coefficient (Wildman–Crippen LogP) is 3.32. The number of aromatic nitrogens is 2. The first-order valence-electron chi connectivity index (χ1n) is 9.14. The molecule has 9 heteroatoms. The minimum Gasteiger partial charge on any atom is -0.337 e. The van der Waals surface area contributed by atoms with E-state index in [1.807, 2.05) is 6.07 Å². The maximum atomic E-state index is 12.1. The lowest BCUT2D eigenvalue weighted by atomic mass is 9.90. The SMILES string of the molecule is O=C(NCCS(=O)(=O)Cc1ccccc1)Nc1nnc(C2CCCCC2)s1. The fraction of sp³-hybridized carbons (Fsp3) is 0.500. The number of nitrogens with one attached hydrogen (secondary N) is 2. The van der Waals surface area contributed by atoms with E-state index in [0.29, 0.717) is 11.0 Å². The van der Waals surface area contributed by atoms with E-state index >= 15 is 0 Å². The van der Waals surface area contributed by atoms with E-state index in [2.05, 4.69) is 20.8 Å². The van der Waals surface area contributed by atoms with Crippen molar-refractivity contribution in [1.82, 2.24) is 15.5 Å². The molecule has 146 valence electrons. The van der Waals surface area contributed by atoms with E-state index in [1.54, 1.807) is 24.3 Å². The first-order valence-corrected chi connectivity index (χ1v) is 11.8. The number of carbonyl (C=O) groups excluding carboxylic acids is 1. The highest BCUT2D eigenvalue weighted by molar-refractivity contribution is 7.90. The van der Waals surface area contributed by atoms with Crippen molar-refractivity contribution in [2.45, 2.75) is 43.8 Å². The molecule has 1 aliphatic carbocycles. The lowest BCUT2D eigenvalue weighted by Crippen LogP contribution is -2.33. The average Bonchev–Trinajstić information content (AvgIpc) is 3.11. The molecule has 3 rings (SSSR count). The van der Waals surface area contributed by atoms with Gasteiger partial charge in [-0.15, -0.1) is 10.2 Å². The summed E-state index contributed by atoms with van der Waals surface area (Å²) in [7, 11) is -3.28. The number of sulfone groups is 1. The number of amides is 2. The molecular weight excluding hydrogens is 384 g/mol. The molecule has 1 aliphatic rings. The van der Waals surface area contributed by atoms with Gasteiger partial charge in [0.2, 0.25) is 5.13 Å². The van der Waals surface area contributed by atoms with Crippen LogP contribution in [0.15, 0.2) is 30.3 Å². The van der Waals surface area contributed by atoms with Crippen LogP contribution in [-0.4, -0.2) is 36.9 Å². The number of benzene rings is 1. The van der Waals surface area contributed by atoms with Crippen LogP contribution >= 0.6 is 11.3 Å². The molecule has 1 heterocycles. The van der Waals surface area contributed by atoms with Crippen LogP contribution in [0.1, 0.15) is 48.6 Å². The van der Waals surface area contributed by atoms with Crippen LogP contribution in [-0.2, 0) is 15.6 Å². The molecular formula is C18H24N4O3S2. The van der Waals surface area contributed by atoms with Crippen molar-refractivity contribution in [3.05, 3.63) is 40.9 Å². The van der Waals surface area contributed by atoms with Crippen molar-refractivity contribution in [3.8, 4) is 0 Å². The lowest BCUT2D eigenvalue weighted by Gasteiger charge is -2.18. The van der Waals surface area contributed by atoms with Gasteiger partial charge in [-0.25, -0.2) is 13.2 Å². The van der Waals surface area contributed by atoms with E-state index in [9.17, 15) is 13.2 Å². The Morgan fingerprint density at radius 3 is 2.59 bits per heavy atom. The van der Waals surface area contributed by atoms with Gasteiger partial charge >= 0.3 is 6.03 Å². The van der Waals surface area contributed by atoms with Gasteiger partial charge in [0.15, 0.2) is 9.84 Å². The molecule has 1 aromatic carbocycles. The molecule has 2 aromatic rings. The van der Waals surface area contributed by atoms with Gasteiger partial charge in [0.25, 0.3) is 0 Å². The minimum atomic E-state index is -3.28. The maximum absolute atomic E-state index is 12.1. The van der Waals surface area contributed by atoms with Crippen LogP contribution in [0.3, 0.4) is 0 Å². The Bertz CT molecular complexity index is 847. The average molecular weight is 409 g/mol. The number of hydrogen-bond donors (Lipinski definition) is 2. The summed E-state index contributed by atoms with van der Waals surface area (Å²) in [5.74, 6) is 0.301. The van der Waals surface area contributed by atoms with E-state index < -0.39 is 15.9 Å². The van der Waals surface area contributed by atoms with Gasteiger partial charge in [-0.1, -0.05) is 60.9 Å². The fourth-order valence-electron chi connectivity index (χ4n) is 3.16. The molecule has 2 N–H and O–H groups in total. The molecule has 0 radical (unpaired) electrons. The first kappa shape index (κ1) is 19.8. The highest BCUT2D eigenvalue weighted by Crippen LogP contribution is 2.35. The topological polar surface area (TPSA) is 101 Å². The van der Waals surface area contributed by atoms with Crippen LogP contribution in [0.4, 0.5) is 9.93 Å². The fourth-order valence-corrected chi connectivity index (χ4v) is 5.33. The van der Waals surface area contributed by atoms with Crippen LogP contribution in [0.5, 0.6) is 0 Å². The Hall–Kier alpha value is -2.00. The lowest BCUT2D eigenvalue weighted by molar-refractivity contribution is 0.252. The van der Waals surface area contributed by atoms with Gasteiger partial charge in [-0.05, 0) is 18.4 Å². The number of nitrogens with zero attached hydrogens (tertiary/aromatic N) is 2. The molecule has 1 aromatic heterocycles. The molecule has 0 spiro atoms. The third-order valence-corrected chi connectivity index (χ3v) is 7.14. The Morgan fingerprint density at radius 2 is 1.85 bits per heavy atom. The number of carbonyl (C=O) groups is 1. The Labute approximate surface area is 163 Å². The number of urea groups is 1. The van der Waals surface area contributed by atoms with Crippen molar-refractivity contribution in [2.24, 2.45) is 0 Å². The quantitative estimate of drug-likeness (QED) is 0.732. The zero-order valence-electron chi connectivity index (χ0n) is 15.1. The third-order valence-electron chi connectivity index (χ3n) is 4.54. The van der Waals surface area contributed by atoms with Crippen LogP contribution < -0.4 is 10.6 Å². The molecule has 2 amide bonds. The van der Waals surface area contributed by atoms with Crippen LogP contribution in [0.25, 0.3) is 0 Å². The summed E-state index contributed by atoms with van der Waals surface area (Å²) in [4.78, 5) is 12.0. The largest absolute Gasteiger partial charge is 0.337 e. The summed E-state index contributed by atoms with van der Waals surface area (Å²) >= 11 is 1.40. The van der Waals surface area contributed by atoms with Gasteiger partial charge in [0.1, 0.15) is 5.01 Å². The highest BCUT2D eigenvalue weighted by atomic mass is 32.2. The second-order valence-electron chi connectivity index (χ2n) is 6.74. The molecule has 1 fully saturated rings. The first-order chi connectivity index (χ1) is 13.0. The van der Waals surface area contributed by atoms with Gasteiger partial charge in [0.05, 0.1) is 11.5 Å². The highest BCUT2D eigenvalue weighted by Gasteiger charge is 2.20. The molecule has 0 unspecified atom stereocenters. The third kappa shape index (κ3) is 6.28. The molecule has 27 heavy (non-hydrogen) atoms. The van der Waals surface area contributed by atoms with Crippen molar-refractivity contribution in [1.29, 1.82) is 0 Å². The van der Waals surface area contributed by atoms with Gasteiger partial charge in [-0.2, -0.15) is 0 Å². The van der Waals surface area contributed by atoms with Crippen LogP contribution in [0.2, 0.25) is 0 Å². The summed E-state index contributed by atoms with van der Waals surface area (Å²) in [6, 6.07) is 8.54. The molecule has 0 saturated heterocycles. The summed E-state index contributed by atoms with van der Waals surface area (Å²) in [6.07, 6.45) is 5.95. The summed E-state index contributed by atoms with van der Waals surface area (Å²) in [5, 5.41) is 14.8. The van der Waals surface area contributed by atoms with E-state index in [4.69, 9.17) is 0 Å². The van der Waals surface area contributed by atoms with Crippen LogP contribution in [0, 0.1) is 0 Å². The van der Waals surface area contributed by atoms with E-state index in [0.717, 1.165) is 23.4 Å². The zero-order chi connectivity index (χ0) is 19.1. The monoisotopic (exact) mass is 408 g/mol. The second-order valence-corrected chi connectivity index (χ2v) is 9.93. The van der Waals surface area contributed by atoms with Crippen molar-refractivity contribution in [3.63, 3.8) is 0 Å². The molecule has 0 bridgehead atoms. The van der Waals surface area contributed by atoms with Gasteiger partial charge < -0.3 is 5.32 Å². The maximum Gasteiger partial charge on any atom is 0.321 e. The Kier molecular flexibility index (Phi) is 6.78. The zero-order valence-corrected chi connectivity index (χ0v) is 16.7. The van der Waals surface area contributed by atoms with Gasteiger partial charge in [-0.3, -0.25) is 5.32 Å². The predicted molar refractivity (Wildman–Crippen MR) is 107 cm³/mol. The number of rotatable bonds is 7.